The van der Waals surface area contributed by atoms with E-state index < -0.39 is 5.82 Å². The van der Waals surface area contributed by atoms with Crippen LogP contribution in [0.1, 0.15) is 42.9 Å². The number of halogens is 1. The van der Waals surface area contributed by atoms with Gasteiger partial charge in [-0.25, -0.2) is 4.39 Å². The Bertz CT molecular complexity index is 713. The molecule has 0 aromatic heterocycles. The number of hydrogen-bond donors (Lipinski definition) is 0. The molecule has 0 bridgehead atoms. The quantitative estimate of drug-likeness (QED) is 0.246. The van der Waals surface area contributed by atoms with Gasteiger partial charge in [0, 0.05) is 0 Å². The minimum atomic E-state index is -0.393. The minimum Gasteiger partial charge on any atom is -0.205 e. The van der Waals surface area contributed by atoms with Crippen LogP contribution in [-0.2, 0) is 6.42 Å². The number of unbranched alkanes of at least 4 members (excludes halogenated alkanes) is 2. The van der Waals surface area contributed by atoms with Crippen molar-refractivity contribution < 1.29 is 4.39 Å². The summed E-state index contributed by atoms with van der Waals surface area (Å²) in [4.78, 5) is 3.67. The summed E-state index contributed by atoms with van der Waals surface area (Å²) in [5, 5.41) is 2.18. The Balaban J connectivity index is 2.02. The molecule has 2 aromatic carbocycles. The number of thiocarbonyl (C=S) groups is 1. The van der Waals surface area contributed by atoms with Crippen molar-refractivity contribution >= 4 is 35.2 Å². The van der Waals surface area contributed by atoms with E-state index in [4.69, 9.17) is 0 Å². The first kappa shape index (κ1) is 17.3. The number of aryl methyl sites for hydroxylation is 1. The van der Waals surface area contributed by atoms with E-state index >= 15 is 0 Å². The van der Waals surface area contributed by atoms with Crippen molar-refractivity contribution in [3.8, 4) is 0 Å². The molecule has 1 nitrogen and oxygen atoms in total. The molecule has 0 aliphatic rings. The molecule has 0 heterocycles. The maximum absolute atomic E-state index is 13.7. The van der Waals surface area contributed by atoms with Crippen LogP contribution in [0.15, 0.2) is 47.5 Å². The predicted molar refractivity (Wildman–Crippen MR) is 99.7 cm³/mol. The molecule has 0 N–H and O–H groups in total. The molecular formula is C20H20FNS. The van der Waals surface area contributed by atoms with Crippen LogP contribution >= 0.6 is 12.2 Å². The summed E-state index contributed by atoms with van der Waals surface area (Å²) in [6.45, 7) is 2.21. The van der Waals surface area contributed by atoms with Crippen molar-refractivity contribution in [1.29, 1.82) is 0 Å². The molecule has 0 radical (unpaired) electrons. The highest BCUT2D eigenvalue weighted by molar-refractivity contribution is 7.78. The van der Waals surface area contributed by atoms with Gasteiger partial charge in [0.25, 0.3) is 0 Å². The van der Waals surface area contributed by atoms with E-state index in [0.29, 0.717) is 0 Å². The molecule has 0 unspecified atom stereocenters. The maximum Gasteiger partial charge on any atom is 0.150 e. The lowest BCUT2D eigenvalue weighted by Crippen LogP contribution is -1.85. The fraction of sp³-hybridized carbons (Fsp3) is 0.250. The van der Waals surface area contributed by atoms with Crippen LogP contribution in [0.2, 0.25) is 0 Å². The third-order valence-corrected chi connectivity index (χ3v) is 3.75. The van der Waals surface area contributed by atoms with Crippen LogP contribution in [0, 0.1) is 5.82 Å². The van der Waals surface area contributed by atoms with E-state index in [1.165, 1.54) is 30.9 Å². The first-order chi connectivity index (χ1) is 11.2. The Morgan fingerprint density at radius 3 is 2.39 bits per heavy atom. The van der Waals surface area contributed by atoms with E-state index in [0.717, 1.165) is 17.5 Å². The summed E-state index contributed by atoms with van der Waals surface area (Å²) in [6, 6.07) is 13.4. The summed E-state index contributed by atoms with van der Waals surface area (Å²) < 4.78 is 13.7. The molecule has 2 aromatic rings. The highest BCUT2D eigenvalue weighted by Gasteiger charge is 2.00. The lowest BCUT2D eigenvalue weighted by molar-refractivity contribution is 0.630. The standard InChI is InChI=1S/C20H20FNS/c1-2-3-4-5-16-6-8-17(9-7-16)10-11-18-12-13-20(22-15-23)19(21)14-18/h6-14H,2-5H2,1H3/b11-10+. The molecule has 0 atom stereocenters. The summed E-state index contributed by atoms with van der Waals surface area (Å²) >= 11 is 4.49. The summed E-state index contributed by atoms with van der Waals surface area (Å²) in [7, 11) is 0. The third kappa shape index (κ3) is 5.55. The largest absolute Gasteiger partial charge is 0.205 e. The monoisotopic (exact) mass is 325 g/mol. The molecule has 3 heteroatoms. The second-order valence-corrected chi connectivity index (χ2v) is 5.63. The van der Waals surface area contributed by atoms with Crippen LogP contribution in [0.5, 0.6) is 0 Å². The fourth-order valence-electron chi connectivity index (χ4n) is 2.33. The predicted octanol–water partition coefficient (Wildman–Crippen LogP) is 6.46. The highest BCUT2D eigenvalue weighted by atomic mass is 32.1. The van der Waals surface area contributed by atoms with Gasteiger partial charge in [-0.05, 0) is 53.9 Å². The first-order valence-corrected chi connectivity index (χ1v) is 8.28. The van der Waals surface area contributed by atoms with Gasteiger partial charge in [-0.15, -0.1) is 0 Å². The van der Waals surface area contributed by atoms with Gasteiger partial charge in [0.05, 0.1) is 5.16 Å². The van der Waals surface area contributed by atoms with Crippen LogP contribution < -0.4 is 0 Å². The molecule has 118 valence electrons. The van der Waals surface area contributed by atoms with E-state index in [2.05, 4.69) is 53.6 Å². The second-order valence-electron chi connectivity index (χ2n) is 5.45. The van der Waals surface area contributed by atoms with Gasteiger partial charge in [-0.2, -0.15) is 4.99 Å². The van der Waals surface area contributed by atoms with Crippen molar-refractivity contribution in [2.75, 3.05) is 0 Å². The Kier molecular flexibility index (Phi) is 6.86. The van der Waals surface area contributed by atoms with Crippen molar-refractivity contribution in [2.45, 2.75) is 32.6 Å². The van der Waals surface area contributed by atoms with Crippen LogP contribution in [0.25, 0.3) is 12.2 Å². The zero-order chi connectivity index (χ0) is 16.5. The number of nitrogens with zero attached hydrogens (tertiary/aromatic N) is 1. The average Bonchev–Trinajstić information content (AvgIpc) is 2.57. The zero-order valence-corrected chi connectivity index (χ0v) is 14.1. The Labute approximate surface area is 142 Å². The highest BCUT2D eigenvalue weighted by Crippen LogP contribution is 2.20. The molecule has 0 aliphatic carbocycles. The number of isothiocyanates is 1. The lowest BCUT2D eigenvalue weighted by Gasteiger charge is -2.01. The lowest BCUT2D eigenvalue weighted by atomic mass is 10.0. The summed E-state index contributed by atoms with van der Waals surface area (Å²) in [6.07, 6.45) is 8.75. The van der Waals surface area contributed by atoms with Gasteiger partial charge in [-0.3, -0.25) is 0 Å². The normalized spacial score (nSPS) is 10.7. The maximum atomic E-state index is 13.7. The minimum absolute atomic E-state index is 0.216. The number of hydrogen-bond acceptors (Lipinski definition) is 2. The zero-order valence-electron chi connectivity index (χ0n) is 13.3. The van der Waals surface area contributed by atoms with Crippen LogP contribution in [0.4, 0.5) is 10.1 Å². The van der Waals surface area contributed by atoms with Crippen molar-refractivity contribution in [1.82, 2.24) is 0 Å². The molecule has 0 saturated heterocycles. The van der Waals surface area contributed by atoms with Crippen LogP contribution in [0.3, 0.4) is 0 Å². The second kappa shape index (κ2) is 9.14. The first-order valence-electron chi connectivity index (χ1n) is 7.87. The smallest absolute Gasteiger partial charge is 0.150 e. The van der Waals surface area contributed by atoms with Gasteiger partial charge in [0.1, 0.15) is 11.5 Å². The fourth-order valence-corrected chi connectivity index (χ4v) is 2.43. The van der Waals surface area contributed by atoms with Gasteiger partial charge in [0.2, 0.25) is 0 Å². The molecule has 0 saturated carbocycles. The molecule has 0 amide bonds. The average molecular weight is 325 g/mol. The van der Waals surface area contributed by atoms with Gasteiger partial charge >= 0.3 is 0 Å². The molecular weight excluding hydrogens is 305 g/mol. The van der Waals surface area contributed by atoms with E-state index in [9.17, 15) is 4.39 Å². The number of aliphatic imine (C=N–C) groups is 1. The topological polar surface area (TPSA) is 12.4 Å². The Morgan fingerprint density at radius 2 is 1.74 bits per heavy atom. The molecule has 0 aliphatic heterocycles. The molecule has 0 spiro atoms. The SMILES string of the molecule is CCCCCc1ccc(/C=C/c2ccc(N=C=S)c(F)c2)cc1. The third-order valence-electron chi connectivity index (χ3n) is 3.65. The van der Waals surface area contributed by atoms with E-state index in [-0.39, 0.29) is 5.69 Å². The van der Waals surface area contributed by atoms with E-state index in [1.807, 2.05) is 18.2 Å². The summed E-state index contributed by atoms with van der Waals surface area (Å²) in [5.74, 6) is -0.393. The Morgan fingerprint density at radius 1 is 1.04 bits per heavy atom. The molecule has 2 rings (SSSR count). The van der Waals surface area contributed by atoms with Gasteiger partial charge in [-0.1, -0.05) is 62.2 Å². The van der Waals surface area contributed by atoms with Gasteiger partial charge < -0.3 is 0 Å². The van der Waals surface area contributed by atoms with Crippen molar-refractivity contribution in [2.24, 2.45) is 4.99 Å². The van der Waals surface area contributed by atoms with E-state index in [1.54, 1.807) is 6.07 Å². The Hall–Kier alpha value is -2.09. The number of rotatable bonds is 7. The van der Waals surface area contributed by atoms with Crippen molar-refractivity contribution in [3.63, 3.8) is 0 Å². The molecule has 0 fully saturated rings. The van der Waals surface area contributed by atoms with Gasteiger partial charge in [0.15, 0.2) is 0 Å². The molecule has 23 heavy (non-hydrogen) atoms. The van der Waals surface area contributed by atoms with Crippen LogP contribution in [-0.4, -0.2) is 5.16 Å². The number of benzene rings is 2. The summed E-state index contributed by atoms with van der Waals surface area (Å²) in [5.41, 5.74) is 3.47. The van der Waals surface area contributed by atoms with Crippen molar-refractivity contribution in [3.05, 3.63) is 65.0 Å².